The molecule has 0 atom stereocenters. The van der Waals surface area contributed by atoms with Crippen molar-refractivity contribution in [2.24, 2.45) is 0 Å². The molecule has 0 aliphatic rings. The van der Waals surface area contributed by atoms with E-state index in [9.17, 15) is 18.7 Å². The Morgan fingerprint density at radius 2 is 1.73 bits per heavy atom. The average Bonchev–Trinajstić information content (AvgIpc) is 2.58. The van der Waals surface area contributed by atoms with Gasteiger partial charge in [0.1, 0.15) is 11.6 Å². The van der Waals surface area contributed by atoms with Crippen LogP contribution < -0.4 is 5.32 Å². The van der Waals surface area contributed by atoms with Gasteiger partial charge in [0.2, 0.25) is 0 Å². The summed E-state index contributed by atoms with van der Waals surface area (Å²) in [5.74, 6) is -2.49. The molecule has 6 heteroatoms. The summed E-state index contributed by atoms with van der Waals surface area (Å²) in [5.41, 5.74) is 1.46. The molecule has 0 heterocycles. The number of nitrogens with one attached hydrogen (secondary N) is 1. The molecule has 0 amide bonds. The molecule has 3 aromatic carbocycles. The first kappa shape index (κ1) is 17.9. The largest absolute Gasteiger partial charge is 0.478 e. The SMILES string of the molecule is Cc1c(F)ccc(Nc2cc(F)cc(Cl)c2-c2ccccc2)c1C(=O)O. The minimum atomic E-state index is -1.28. The van der Waals surface area contributed by atoms with Gasteiger partial charge in [-0.05, 0) is 36.8 Å². The molecule has 2 N–H and O–H groups in total. The lowest BCUT2D eigenvalue weighted by molar-refractivity contribution is 0.0696. The molecule has 0 aliphatic carbocycles. The Labute approximate surface area is 153 Å². The van der Waals surface area contributed by atoms with Crippen LogP contribution in [0.4, 0.5) is 20.2 Å². The van der Waals surface area contributed by atoms with Gasteiger partial charge in [0.05, 0.1) is 22.0 Å². The molecule has 0 aliphatic heterocycles. The van der Waals surface area contributed by atoms with Gasteiger partial charge in [0, 0.05) is 11.1 Å². The lowest BCUT2D eigenvalue weighted by atomic mass is 10.0. The van der Waals surface area contributed by atoms with Crippen LogP contribution in [-0.4, -0.2) is 11.1 Å². The van der Waals surface area contributed by atoms with Crippen LogP contribution in [-0.2, 0) is 0 Å². The van der Waals surface area contributed by atoms with Crippen LogP contribution in [0.2, 0.25) is 5.02 Å². The first-order chi connectivity index (χ1) is 12.4. The highest BCUT2D eigenvalue weighted by molar-refractivity contribution is 6.34. The van der Waals surface area contributed by atoms with Gasteiger partial charge in [-0.1, -0.05) is 41.9 Å². The summed E-state index contributed by atoms with van der Waals surface area (Å²) in [7, 11) is 0. The van der Waals surface area contributed by atoms with Crippen LogP contribution in [0.25, 0.3) is 11.1 Å². The van der Waals surface area contributed by atoms with Crippen LogP contribution in [0.15, 0.2) is 54.6 Å². The molecule has 0 unspecified atom stereocenters. The van der Waals surface area contributed by atoms with E-state index in [1.165, 1.54) is 25.1 Å². The standard InChI is InChI=1S/C20H14ClF2NO2/c1-11-15(23)7-8-16(18(11)20(25)26)24-17-10-13(22)9-14(21)19(17)12-5-3-2-4-6-12/h2-10,24H,1H3,(H,25,26). The van der Waals surface area contributed by atoms with Gasteiger partial charge in [-0.15, -0.1) is 0 Å². The summed E-state index contributed by atoms with van der Waals surface area (Å²) >= 11 is 6.24. The first-order valence-electron chi connectivity index (χ1n) is 7.72. The van der Waals surface area contributed by atoms with E-state index in [1.54, 1.807) is 12.1 Å². The Hall–Kier alpha value is -2.92. The van der Waals surface area contributed by atoms with E-state index in [2.05, 4.69) is 5.32 Å². The number of halogens is 3. The van der Waals surface area contributed by atoms with Crippen LogP contribution in [0.5, 0.6) is 0 Å². The fourth-order valence-corrected chi connectivity index (χ4v) is 3.10. The Kier molecular flexibility index (Phi) is 4.91. The number of hydrogen-bond donors (Lipinski definition) is 2. The highest BCUT2D eigenvalue weighted by atomic mass is 35.5. The van der Waals surface area contributed by atoms with E-state index in [-0.39, 0.29) is 27.5 Å². The van der Waals surface area contributed by atoms with Crippen molar-refractivity contribution in [3.63, 3.8) is 0 Å². The van der Waals surface area contributed by atoms with Gasteiger partial charge in [0.15, 0.2) is 0 Å². The summed E-state index contributed by atoms with van der Waals surface area (Å²) in [6.07, 6.45) is 0. The summed E-state index contributed by atoms with van der Waals surface area (Å²) in [5, 5.41) is 12.5. The molecular formula is C20H14ClF2NO2. The van der Waals surface area contributed by atoms with Gasteiger partial charge >= 0.3 is 5.97 Å². The van der Waals surface area contributed by atoms with Crippen molar-refractivity contribution in [2.75, 3.05) is 5.32 Å². The summed E-state index contributed by atoms with van der Waals surface area (Å²) in [6.45, 7) is 1.38. The molecule has 3 nitrogen and oxygen atoms in total. The average molecular weight is 374 g/mol. The lowest BCUT2D eigenvalue weighted by Crippen LogP contribution is -2.07. The number of rotatable bonds is 4. The maximum Gasteiger partial charge on any atom is 0.338 e. The van der Waals surface area contributed by atoms with E-state index < -0.39 is 17.6 Å². The molecule has 0 bridgehead atoms. The van der Waals surface area contributed by atoms with Crippen molar-refractivity contribution >= 4 is 28.9 Å². The minimum Gasteiger partial charge on any atom is -0.478 e. The third kappa shape index (κ3) is 3.39. The molecule has 0 aromatic heterocycles. The molecular weight excluding hydrogens is 360 g/mol. The zero-order chi connectivity index (χ0) is 18.8. The molecule has 0 fully saturated rings. The third-order valence-corrected chi connectivity index (χ3v) is 4.30. The molecule has 0 spiro atoms. The summed E-state index contributed by atoms with van der Waals surface area (Å²) < 4.78 is 27.7. The smallest absolute Gasteiger partial charge is 0.338 e. The second kappa shape index (κ2) is 7.14. The summed E-state index contributed by atoms with van der Waals surface area (Å²) in [6, 6.07) is 13.9. The monoisotopic (exact) mass is 373 g/mol. The number of aromatic carboxylic acids is 1. The Morgan fingerprint density at radius 1 is 1.04 bits per heavy atom. The zero-order valence-corrected chi connectivity index (χ0v) is 14.4. The number of benzene rings is 3. The maximum absolute atomic E-state index is 13.9. The maximum atomic E-state index is 13.9. The lowest BCUT2D eigenvalue weighted by Gasteiger charge is -2.17. The predicted octanol–water partition coefficient (Wildman–Crippen LogP) is 6.04. The number of carboxylic acids is 1. The predicted molar refractivity (Wildman–Crippen MR) is 98.2 cm³/mol. The second-order valence-corrected chi connectivity index (χ2v) is 6.11. The number of carbonyl (C=O) groups is 1. The van der Waals surface area contributed by atoms with Crippen molar-refractivity contribution in [1.82, 2.24) is 0 Å². The van der Waals surface area contributed by atoms with Gasteiger partial charge < -0.3 is 10.4 Å². The van der Waals surface area contributed by atoms with Crippen molar-refractivity contribution in [3.05, 3.63) is 82.4 Å². The highest BCUT2D eigenvalue weighted by Crippen LogP contribution is 2.38. The quantitative estimate of drug-likeness (QED) is 0.586. The van der Waals surface area contributed by atoms with Gasteiger partial charge in [0.25, 0.3) is 0 Å². The fourth-order valence-electron chi connectivity index (χ4n) is 2.78. The summed E-state index contributed by atoms with van der Waals surface area (Å²) in [4.78, 5) is 11.6. The third-order valence-electron chi connectivity index (χ3n) is 4.00. The zero-order valence-electron chi connectivity index (χ0n) is 13.7. The van der Waals surface area contributed by atoms with Gasteiger partial charge in [-0.2, -0.15) is 0 Å². The van der Waals surface area contributed by atoms with Crippen LogP contribution >= 0.6 is 11.6 Å². The molecule has 26 heavy (non-hydrogen) atoms. The normalized spacial score (nSPS) is 10.6. The minimum absolute atomic E-state index is 0.00809. The molecule has 0 saturated heterocycles. The first-order valence-corrected chi connectivity index (χ1v) is 8.10. The topological polar surface area (TPSA) is 49.3 Å². The number of hydrogen-bond acceptors (Lipinski definition) is 2. The van der Waals surface area contributed by atoms with E-state index in [4.69, 9.17) is 11.6 Å². The van der Waals surface area contributed by atoms with E-state index in [0.29, 0.717) is 5.56 Å². The Bertz CT molecular complexity index is 991. The Morgan fingerprint density at radius 3 is 2.38 bits per heavy atom. The van der Waals surface area contributed by atoms with Crippen LogP contribution in [0.3, 0.4) is 0 Å². The number of anilines is 2. The van der Waals surface area contributed by atoms with Crippen molar-refractivity contribution in [1.29, 1.82) is 0 Å². The molecule has 0 radical (unpaired) electrons. The van der Waals surface area contributed by atoms with Crippen molar-refractivity contribution in [3.8, 4) is 11.1 Å². The van der Waals surface area contributed by atoms with Gasteiger partial charge in [-0.25, -0.2) is 13.6 Å². The molecule has 132 valence electrons. The molecule has 0 saturated carbocycles. The van der Waals surface area contributed by atoms with Crippen molar-refractivity contribution in [2.45, 2.75) is 6.92 Å². The van der Waals surface area contributed by atoms with Crippen molar-refractivity contribution < 1.29 is 18.7 Å². The van der Waals surface area contributed by atoms with Crippen LogP contribution in [0.1, 0.15) is 15.9 Å². The van der Waals surface area contributed by atoms with Crippen LogP contribution in [0, 0.1) is 18.6 Å². The highest BCUT2D eigenvalue weighted by Gasteiger charge is 2.19. The number of carboxylic acid groups (broad SMARTS) is 1. The van der Waals surface area contributed by atoms with Gasteiger partial charge in [-0.3, -0.25) is 0 Å². The molecule has 3 aromatic rings. The fraction of sp³-hybridized carbons (Fsp3) is 0.0500. The second-order valence-electron chi connectivity index (χ2n) is 5.70. The van der Waals surface area contributed by atoms with E-state index in [1.807, 2.05) is 18.2 Å². The van der Waals surface area contributed by atoms with E-state index in [0.717, 1.165) is 11.6 Å². The Balaban J connectivity index is 2.18. The molecule has 3 rings (SSSR count). The van der Waals surface area contributed by atoms with E-state index >= 15 is 0 Å².